The van der Waals surface area contributed by atoms with Crippen LogP contribution in [0.1, 0.15) is 12.5 Å². The third-order valence-electron chi connectivity index (χ3n) is 1.68. The normalized spacial score (nSPS) is 10.1. The van der Waals surface area contributed by atoms with Gasteiger partial charge in [-0.3, -0.25) is 9.63 Å². The number of amides is 1. The molecule has 1 N–H and O–H groups in total. The third kappa shape index (κ3) is 4.08. The van der Waals surface area contributed by atoms with Gasteiger partial charge in [0.2, 0.25) is 5.91 Å². The highest BCUT2D eigenvalue weighted by molar-refractivity contribution is 6.42. The monoisotopic (exact) mass is 247 g/mol. The van der Waals surface area contributed by atoms with E-state index in [1.54, 1.807) is 25.1 Å². The van der Waals surface area contributed by atoms with Crippen molar-refractivity contribution in [3.63, 3.8) is 0 Å². The van der Waals surface area contributed by atoms with E-state index in [2.05, 4.69) is 5.48 Å². The topological polar surface area (TPSA) is 38.3 Å². The first-order valence-corrected chi connectivity index (χ1v) is 5.23. The first-order chi connectivity index (χ1) is 7.13. The summed E-state index contributed by atoms with van der Waals surface area (Å²) >= 11 is 11.6. The van der Waals surface area contributed by atoms with Crippen molar-refractivity contribution in [2.75, 3.05) is 6.61 Å². The number of rotatable bonds is 4. The highest BCUT2D eigenvalue weighted by Gasteiger charge is 2.05. The van der Waals surface area contributed by atoms with Crippen molar-refractivity contribution in [1.29, 1.82) is 0 Å². The molecule has 0 saturated heterocycles. The molecule has 0 heterocycles. The molecule has 1 aromatic rings. The van der Waals surface area contributed by atoms with Gasteiger partial charge in [0.15, 0.2) is 0 Å². The summed E-state index contributed by atoms with van der Waals surface area (Å²) in [5.41, 5.74) is 3.09. The van der Waals surface area contributed by atoms with Crippen molar-refractivity contribution in [3.8, 4) is 0 Å². The van der Waals surface area contributed by atoms with Gasteiger partial charge >= 0.3 is 0 Å². The number of hydrogen-bond acceptors (Lipinski definition) is 2. The number of halogens is 2. The maximum absolute atomic E-state index is 11.3. The summed E-state index contributed by atoms with van der Waals surface area (Å²) in [5.74, 6) is -0.213. The van der Waals surface area contributed by atoms with Gasteiger partial charge in [0.05, 0.1) is 23.1 Å². The Morgan fingerprint density at radius 3 is 2.73 bits per heavy atom. The lowest BCUT2D eigenvalue weighted by Gasteiger charge is -2.04. The Kier molecular flexibility index (Phi) is 4.88. The van der Waals surface area contributed by atoms with Crippen LogP contribution in [-0.2, 0) is 16.1 Å². The molecule has 15 heavy (non-hydrogen) atoms. The molecule has 0 aliphatic rings. The number of nitrogens with one attached hydrogen (secondary N) is 1. The van der Waals surface area contributed by atoms with Gasteiger partial charge in [-0.1, -0.05) is 29.3 Å². The Morgan fingerprint density at radius 2 is 2.13 bits per heavy atom. The van der Waals surface area contributed by atoms with Gasteiger partial charge < -0.3 is 0 Å². The fourth-order valence-electron chi connectivity index (χ4n) is 1.02. The second kappa shape index (κ2) is 5.95. The van der Waals surface area contributed by atoms with Gasteiger partial charge in [-0.25, -0.2) is 5.48 Å². The molecule has 0 aromatic heterocycles. The van der Waals surface area contributed by atoms with Crippen LogP contribution in [0.25, 0.3) is 0 Å². The quantitative estimate of drug-likeness (QED) is 0.831. The van der Waals surface area contributed by atoms with Gasteiger partial charge in [0, 0.05) is 0 Å². The second-order valence-electron chi connectivity index (χ2n) is 2.88. The van der Waals surface area contributed by atoms with E-state index in [0.717, 1.165) is 5.56 Å². The number of carbonyl (C=O) groups is 1. The molecule has 0 radical (unpaired) electrons. The van der Waals surface area contributed by atoms with Gasteiger partial charge in [-0.2, -0.15) is 0 Å². The van der Waals surface area contributed by atoms with Crippen LogP contribution in [0.2, 0.25) is 10.0 Å². The summed E-state index contributed by atoms with van der Waals surface area (Å²) in [4.78, 5) is 16.0. The average Bonchev–Trinajstić information content (AvgIpc) is 2.20. The van der Waals surface area contributed by atoms with Gasteiger partial charge in [0.1, 0.15) is 0 Å². The smallest absolute Gasteiger partial charge is 0.247 e. The van der Waals surface area contributed by atoms with Crippen LogP contribution in [0.4, 0.5) is 0 Å². The van der Waals surface area contributed by atoms with Crippen LogP contribution in [0.5, 0.6) is 0 Å². The first-order valence-electron chi connectivity index (χ1n) is 4.48. The van der Waals surface area contributed by atoms with Crippen LogP contribution in [0.15, 0.2) is 18.2 Å². The molecular formula is C10H11Cl2NO2. The molecule has 82 valence electrons. The molecule has 0 fully saturated rings. The highest BCUT2D eigenvalue weighted by atomic mass is 35.5. The summed E-state index contributed by atoms with van der Waals surface area (Å²) < 4.78 is 0. The molecule has 3 nitrogen and oxygen atoms in total. The Morgan fingerprint density at radius 1 is 1.40 bits per heavy atom. The van der Waals surface area contributed by atoms with E-state index in [0.29, 0.717) is 16.7 Å². The maximum atomic E-state index is 11.3. The lowest BCUT2D eigenvalue weighted by atomic mass is 10.1. The molecule has 0 unspecified atom stereocenters. The Hall–Kier alpha value is -0.770. The Balaban J connectivity index is 2.57. The van der Waals surface area contributed by atoms with Crippen LogP contribution < -0.4 is 5.48 Å². The van der Waals surface area contributed by atoms with E-state index in [4.69, 9.17) is 28.0 Å². The Bertz CT molecular complexity index is 355. The van der Waals surface area contributed by atoms with E-state index in [9.17, 15) is 4.79 Å². The second-order valence-corrected chi connectivity index (χ2v) is 3.70. The first kappa shape index (κ1) is 12.3. The molecule has 1 rings (SSSR count). The van der Waals surface area contributed by atoms with Gasteiger partial charge in [-0.05, 0) is 24.6 Å². The summed E-state index contributed by atoms with van der Waals surface area (Å²) in [7, 11) is 0. The summed E-state index contributed by atoms with van der Waals surface area (Å²) in [5, 5.41) is 0.920. The summed E-state index contributed by atoms with van der Waals surface area (Å²) in [6.45, 7) is 2.23. The average molecular weight is 248 g/mol. The van der Waals surface area contributed by atoms with E-state index >= 15 is 0 Å². The number of benzene rings is 1. The van der Waals surface area contributed by atoms with Crippen LogP contribution >= 0.6 is 23.2 Å². The van der Waals surface area contributed by atoms with E-state index in [1.165, 1.54) is 0 Å². The molecule has 0 atom stereocenters. The zero-order valence-electron chi connectivity index (χ0n) is 8.22. The minimum atomic E-state index is -0.213. The van der Waals surface area contributed by atoms with Gasteiger partial charge in [-0.15, -0.1) is 0 Å². The van der Waals surface area contributed by atoms with Crippen molar-refractivity contribution in [2.45, 2.75) is 13.3 Å². The van der Waals surface area contributed by atoms with E-state index < -0.39 is 0 Å². The standard InChI is InChI=1S/C10H11Cl2NO2/c1-2-15-13-10(14)6-7-3-4-8(11)9(12)5-7/h3-5H,2,6H2,1H3,(H,13,14). The summed E-state index contributed by atoms with van der Waals surface area (Å²) in [6, 6.07) is 5.07. The zero-order chi connectivity index (χ0) is 11.3. The third-order valence-corrected chi connectivity index (χ3v) is 2.42. The van der Waals surface area contributed by atoms with Crippen LogP contribution in [0.3, 0.4) is 0 Å². The molecule has 5 heteroatoms. The van der Waals surface area contributed by atoms with Crippen molar-refractivity contribution in [1.82, 2.24) is 5.48 Å². The van der Waals surface area contributed by atoms with Crippen molar-refractivity contribution in [3.05, 3.63) is 33.8 Å². The van der Waals surface area contributed by atoms with Gasteiger partial charge in [0.25, 0.3) is 0 Å². The molecule has 1 aromatic carbocycles. The highest BCUT2D eigenvalue weighted by Crippen LogP contribution is 2.22. The largest absolute Gasteiger partial charge is 0.274 e. The molecule has 0 saturated carbocycles. The number of hydroxylamine groups is 1. The summed E-state index contributed by atoms with van der Waals surface area (Å²) in [6.07, 6.45) is 0.219. The molecule has 0 spiro atoms. The predicted octanol–water partition coefficient (Wildman–Crippen LogP) is 2.60. The fourth-order valence-corrected chi connectivity index (χ4v) is 1.34. The fraction of sp³-hybridized carbons (Fsp3) is 0.300. The molecule has 0 aliphatic heterocycles. The molecular weight excluding hydrogens is 237 g/mol. The lowest BCUT2D eigenvalue weighted by Crippen LogP contribution is -2.25. The van der Waals surface area contributed by atoms with Crippen LogP contribution in [0, 0.1) is 0 Å². The Labute approximate surface area is 98.3 Å². The van der Waals surface area contributed by atoms with Crippen molar-refractivity contribution in [2.24, 2.45) is 0 Å². The number of carbonyl (C=O) groups excluding carboxylic acids is 1. The van der Waals surface area contributed by atoms with E-state index in [-0.39, 0.29) is 12.3 Å². The van der Waals surface area contributed by atoms with E-state index in [1.807, 2.05) is 0 Å². The lowest BCUT2D eigenvalue weighted by molar-refractivity contribution is -0.132. The minimum absolute atomic E-state index is 0.213. The molecule has 0 aliphatic carbocycles. The molecule has 0 bridgehead atoms. The van der Waals surface area contributed by atoms with Crippen LogP contribution in [-0.4, -0.2) is 12.5 Å². The van der Waals surface area contributed by atoms with Crippen molar-refractivity contribution >= 4 is 29.1 Å². The van der Waals surface area contributed by atoms with Crippen molar-refractivity contribution < 1.29 is 9.63 Å². The maximum Gasteiger partial charge on any atom is 0.247 e. The number of hydrogen-bond donors (Lipinski definition) is 1. The minimum Gasteiger partial charge on any atom is -0.274 e. The predicted molar refractivity (Wildman–Crippen MR) is 59.9 cm³/mol. The zero-order valence-corrected chi connectivity index (χ0v) is 9.73. The molecule has 1 amide bonds. The SMILES string of the molecule is CCONC(=O)Cc1ccc(Cl)c(Cl)c1.